The molecule has 1 atom stereocenters. The number of pyridine rings is 1. The highest BCUT2D eigenvalue weighted by Gasteiger charge is 2.13. The van der Waals surface area contributed by atoms with Crippen LogP contribution in [0.3, 0.4) is 0 Å². The van der Waals surface area contributed by atoms with Gasteiger partial charge in [0, 0.05) is 31.9 Å². The lowest BCUT2D eigenvalue weighted by Gasteiger charge is -2.13. The number of hydrogen-bond acceptors (Lipinski definition) is 2. The van der Waals surface area contributed by atoms with Gasteiger partial charge in [0.15, 0.2) is 12.4 Å². The molecule has 0 saturated heterocycles. The molecule has 0 aliphatic heterocycles. The van der Waals surface area contributed by atoms with Crippen molar-refractivity contribution in [1.29, 1.82) is 0 Å². The number of hydrogen-bond donors (Lipinski definition) is 1. The molecule has 1 amide bonds. The Morgan fingerprint density at radius 2 is 1.76 bits per heavy atom. The molecule has 4 nitrogen and oxygen atoms in total. The Morgan fingerprint density at radius 1 is 1.14 bits per heavy atom. The molecule has 2 aromatic rings. The van der Waals surface area contributed by atoms with Gasteiger partial charge in [0.25, 0.3) is 5.91 Å². The molecule has 1 aromatic carbocycles. The molecule has 0 unspecified atom stereocenters. The molecule has 0 fully saturated rings. The molecule has 21 heavy (non-hydrogen) atoms. The summed E-state index contributed by atoms with van der Waals surface area (Å²) >= 11 is 0. The predicted molar refractivity (Wildman–Crippen MR) is 84.0 cm³/mol. The molecule has 1 heterocycles. The van der Waals surface area contributed by atoms with Gasteiger partial charge >= 0.3 is 0 Å². The maximum atomic E-state index is 12.1. The fourth-order valence-electron chi connectivity index (χ4n) is 2.13. The summed E-state index contributed by atoms with van der Waals surface area (Å²) in [5.41, 5.74) is 2.23. The summed E-state index contributed by atoms with van der Waals surface area (Å²) in [6.07, 6.45) is 3.84. The van der Waals surface area contributed by atoms with E-state index in [1.165, 1.54) is 0 Å². The number of nitrogens with zero attached hydrogens (tertiary/aromatic N) is 2. The molecule has 110 valence electrons. The van der Waals surface area contributed by atoms with Gasteiger partial charge in [0.05, 0.1) is 6.04 Å². The molecule has 0 spiro atoms. The second-order valence-electron chi connectivity index (χ2n) is 5.32. The minimum Gasteiger partial charge on any atom is -0.377 e. The van der Waals surface area contributed by atoms with Crippen molar-refractivity contribution >= 4 is 11.6 Å². The minimum absolute atomic E-state index is 0.00829. The summed E-state index contributed by atoms with van der Waals surface area (Å²) in [5, 5.41) is 3.01. The van der Waals surface area contributed by atoms with E-state index in [4.69, 9.17) is 0 Å². The highest BCUT2D eigenvalue weighted by molar-refractivity contribution is 5.74. The molecule has 0 bridgehead atoms. The van der Waals surface area contributed by atoms with Gasteiger partial charge in [-0.25, -0.2) is 0 Å². The smallest absolute Gasteiger partial charge is 0.286 e. The van der Waals surface area contributed by atoms with Gasteiger partial charge in [0.2, 0.25) is 6.54 Å². The van der Waals surface area contributed by atoms with Crippen molar-refractivity contribution in [1.82, 2.24) is 5.32 Å². The maximum Gasteiger partial charge on any atom is 0.286 e. The number of carbonyl (C=O) groups is 1. The van der Waals surface area contributed by atoms with Crippen LogP contribution in [0.4, 0.5) is 5.69 Å². The van der Waals surface area contributed by atoms with Gasteiger partial charge < -0.3 is 10.2 Å². The number of rotatable bonds is 5. The second kappa shape index (κ2) is 6.88. The van der Waals surface area contributed by atoms with E-state index < -0.39 is 0 Å². The molecule has 0 saturated carbocycles. The summed E-state index contributed by atoms with van der Waals surface area (Å²) in [4.78, 5) is 14.1. The van der Waals surface area contributed by atoms with Crippen molar-refractivity contribution in [3.05, 3.63) is 60.4 Å². The van der Waals surface area contributed by atoms with Gasteiger partial charge in [-0.1, -0.05) is 30.3 Å². The van der Waals surface area contributed by atoms with E-state index >= 15 is 0 Å². The Labute approximate surface area is 126 Å². The molecule has 2 rings (SSSR count). The fraction of sp³-hybridized carbons (Fsp3) is 0.294. The average molecular weight is 284 g/mol. The van der Waals surface area contributed by atoms with Crippen LogP contribution < -0.4 is 14.8 Å². The van der Waals surface area contributed by atoms with E-state index in [0.29, 0.717) is 6.54 Å². The normalized spacial score (nSPS) is 11.8. The average Bonchev–Trinajstić information content (AvgIpc) is 2.48. The van der Waals surface area contributed by atoms with Crippen LogP contribution >= 0.6 is 0 Å². The van der Waals surface area contributed by atoms with E-state index in [-0.39, 0.29) is 11.9 Å². The Morgan fingerprint density at radius 3 is 2.33 bits per heavy atom. The van der Waals surface area contributed by atoms with Gasteiger partial charge in [-0.05, 0) is 12.5 Å². The lowest BCUT2D eigenvalue weighted by atomic mass is 10.1. The quantitative estimate of drug-likeness (QED) is 0.852. The highest BCUT2D eigenvalue weighted by atomic mass is 16.2. The van der Waals surface area contributed by atoms with Gasteiger partial charge in [-0.3, -0.25) is 4.79 Å². The zero-order valence-electron chi connectivity index (χ0n) is 12.8. The number of nitrogens with one attached hydrogen (secondary N) is 1. The Bertz CT molecular complexity index is 579. The second-order valence-corrected chi connectivity index (χ2v) is 5.32. The van der Waals surface area contributed by atoms with Crippen molar-refractivity contribution in [3.8, 4) is 0 Å². The van der Waals surface area contributed by atoms with Crippen LogP contribution in [0.5, 0.6) is 0 Å². The summed E-state index contributed by atoms with van der Waals surface area (Å²) in [7, 11) is 3.99. The van der Waals surface area contributed by atoms with Crippen LogP contribution in [0.2, 0.25) is 0 Å². The molecular weight excluding hydrogens is 262 g/mol. The molecule has 0 radical (unpaired) electrons. The summed E-state index contributed by atoms with van der Waals surface area (Å²) in [6.45, 7) is 2.32. The van der Waals surface area contributed by atoms with Gasteiger partial charge in [-0.2, -0.15) is 4.57 Å². The zero-order valence-corrected chi connectivity index (χ0v) is 12.8. The van der Waals surface area contributed by atoms with Crippen LogP contribution in [-0.4, -0.2) is 20.0 Å². The third kappa shape index (κ3) is 4.31. The van der Waals surface area contributed by atoms with Crippen molar-refractivity contribution in [2.75, 3.05) is 19.0 Å². The Hall–Kier alpha value is -2.36. The fourth-order valence-corrected chi connectivity index (χ4v) is 2.13. The lowest BCUT2D eigenvalue weighted by molar-refractivity contribution is -0.684. The van der Waals surface area contributed by atoms with E-state index in [0.717, 1.165) is 11.3 Å². The zero-order chi connectivity index (χ0) is 15.2. The van der Waals surface area contributed by atoms with Crippen molar-refractivity contribution in [2.45, 2.75) is 19.5 Å². The highest BCUT2D eigenvalue weighted by Crippen LogP contribution is 2.10. The number of aromatic nitrogens is 1. The van der Waals surface area contributed by atoms with Crippen LogP contribution in [0, 0.1) is 0 Å². The molecule has 1 aromatic heterocycles. The molecular formula is C17H22N3O+. The van der Waals surface area contributed by atoms with Crippen molar-refractivity contribution in [2.24, 2.45) is 0 Å². The monoisotopic (exact) mass is 284 g/mol. The van der Waals surface area contributed by atoms with Crippen LogP contribution in [0.25, 0.3) is 0 Å². The Kier molecular flexibility index (Phi) is 4.93. The molecule has 0 aliphatic rings. The van der Waals surface area contributed by atoms with E-state index in [9.17, 15) is 4.79 Å². The first kappa shape index (κ1) is 15.0. The molecule has 0 aliphatic carbocycles. The summed E-state index contributed by atoms with van der Waals surface area (Å²) in [5.74, 6) is 0.00829. The maximum absolute atomic E-state index is 12.1. The first-order valence-electron chi connectivity index (χ1n) is 7.07. The number of amides is 1. The van der Waals surface area contributed by atoms with E-state index in [1.54, 1.807) is 0 Å². The third-order valence-electron chi connectivity index (χ3n) is 3.39. The van der Waals surface area contributed by atoms with Gasteiger partial charge in [0.1, 0.15) is 0 Å². The van der Waals surface area contributed by atoms with Crippen molar-refractivity contribution in [3.63, 3.8) is 0 Å². The first-order valence-corrected chi connectivity index (χ1v) is 7.07. The van der Waals surface area contributed by atoms with Crippen LogP contribution in [0.15, 0.2) is 54.9 Å². The summed E-state index contributed by atoms with van der Waals surface area (Å²) in [6, 6.07) is 14.0. The lowest BCUT2D eigenvalue weighted by Crippen LogP contribution is -2.43. The standard InChI is InChI=1S/C17H21N3O/c1-14(15-7-5-4-6-8-15)18-17(21)13-20-11-9-16(10-12-20)19(2)3/h4-12,14H,13H2,1-3H3/p+1/t14-/m0/s1. The third-order valence-corrected chi connectivity index (χ3v) is 3.39. The topological polar surface area (TPSA) is 36.2 Å². The number of benzene rings is 1. The van der Waals surface area contributed by atoms with Crippen molar-refractivity contribution < 1.29 is 9.36 Å². The largest absolute Gasteiger partial charge is 0.377 e. The number of anilines is 1. The van der Waals surface area contributed by atoms with Crippen LogP contribution in [-0.2, 0) is 11.3 Å². The number of carbonyl (C=O) groups excluding carboxylic acids is 1. The van der Waals surface area contributed by atoms with Crippen LogP contribution in [0.1, 0.15) is 18.5 Å². The van der Waals surface area contributed by atoms with Gasteiger partial charge in [-0.15, -0.1) is 0 Å². The predicted octanol–water partition coefficient (Wildman–Crippen LogP) is 1.92. The Balaban J connectivity index is 1.92. The van der Waals surface area contributed by atoms with E-state index in [1.807, 2.05) is 85.3 Å². The first-order chi connectivity index (χ1) is 10.1. The molecule has 1 N–H and O–H groups in total. The molecule has 4 heteroatoms. The SMILES string of the molecule is C[C@H](NC(=O)C[n+]1ccc(N(C)C)cc1)c1ccccc1. The minimum atomic E-state index is 0.00829. The summed E-state index contributed by atoms with van der Waals surface area (Å²) < 4.78 is 1.88. The van der Waals surface area contributed by atoms with E-state index in [2.05, 4.69) is 5.32 Å².